The Morgan fingerprint density at radius 1 is 0.765 bits per heavy atom. The first-order valence-corrected chi connectivity index (χ1v) is 11.1. The molecule has 170 valence electrons. The van der Waals surface area contributed by atoms with Crippen molar-refractivity contribution in [2.45, 2.75) is 19.8 Å². The van der Waals surface area contributed by atoms with Gasteiger partial charge in [0, 0.05) is 16.9 Å². The number of carboxylic acid groups (broad SMARTS) is 1. The number of aromatic carboxylic acids is 1. The molecule has 0 aromatic heterocycles. The summed E-state index contributed by atoms with van der Waals surface area (Å²) in [5.74, 6) is -0.846. The second-order valence-corrected chi connectivity index (χ2v) is 8.33. The van der Waals surface area contributed by atoms with Crippen LogP contribution in [0.25, 0.3) is 11.1 Å². The number of hydrogen-bond acceptors (Lipinski definition) is 3. The number of para-hydroxylation sites is 1. The summed E-state index contributed by atoms with van der Waals surface area (Å²) in [6.07, 6.45) is 0. The lowest BCUT2D eigenvalue weighted by Gasteiger charge is -2.14. The molecule has 4 rings (SSSR count). The molecule has 0 atom stereocenters. The molecule has 3 N–H and O–H groups in total. The summed E-state index contributed by atoms with van der Waals surface area (Å²) >= 11 is 0. The Kier molecular flexibility index (Phi) is 6.74. The van der Waals surface area contributed by atoms with E-state index in [0.29, 0.717) is 28.5 Å². The summed E-state index contributed by atoms with van der Waals surface area (Å²) in [6, 6.07) is 29.8. The lowest BCUT2D eigenvalue weighted by atomic mass is 9.92. The van der Waals surface area contributed by atoms with Crippen LogP contribution in [0.4, 0.5) is 17.1 Å². The molecule has 0 saturated heterocycles. The number of nitrogens with one attached hydrogen (secondary N) is 2. The molecule has 4 aromatic rings. The van der Waals surface area contributed by atoms with Gasteiger partial charge in [-0.25, -0.2) is 4.79 Å². The first-order chi connectivity index (χ1) is 16.4. The summed E-state index contributed by atoms with van der Waals surface area (Å²) in [5.41, 5.74) is 6.00. The largest absolute Gasteiger partial charge is 0.478 e. The average molecular weight is 451 g/mol. The molecule has 0 fully saturated rings. The highest BCUT2D eigenvalue weighted by Gasteiger charge is 2.12. The number of carboxylic acids is 1. The van der Waals surface area contributed by atoms with E-state index in [9.17, 15) is 14.7 Å². The van der Waals surface area contributed by atoms with Gasteiger partial charge in [-0.1, -0.05) is 68.4 Å². The molecule has 0 heterocycles. The molecule has 0 aliphatic carbocycles. The molecule has 5 heteroatoms. The van der Waals surface area contributed by atoms with Gasteiger partial charge < -0.3 is 15.7 Å². The molecule has 34 heavy (non-hydrogen) atoms. The van der Waals surface area contributed by atoms with Crippen molar-refractivity contribution in [3.05, 3.63) is 114 Å². The van der Waals surface area contributed by atoms with Gasteiger partial charge in [0.25, 0.3) is 5.91 Å². The number of hydrogen-bond donors (Lipinski definition) is 3. The lowest BCUT2D eigenvalue weighted by Crippen LogP contribution is -2.12. The molecule has 0 aliphatic rings. The molecular weight excluding hydrogens is 424 g/mol. The van der Waals surface area contributed by atoms with Gasteiger partial charge in [-0.3, -0.25) is 4.79 Å². The van der Waals surface area contributed by atoms with Crippen molar-refractivity contribution in [1.29, 1.82) is 0 Å². The van der Waals surface area contributed by atoms with Crippen LogP contribution in [0.1, 0.15) is 46.0 Å². The van der Waals surface area contributed by atoms with Crippen LogP contribution in [0.3, 0.4) is 0 Å². The number of rotatable bonds is 7. The van der Waals surface area contributed by atoms with Crippen molar-refractivity contribution in [1.82, 2.24) is 0 Å². The van der Waals surface area contributed by atoms with Crippen molar-refractivity contribution in [3.63, 3.8) is 0 Å². The fraction of sp³-hybridized carbons (Fsp3) is 0.103. The fourth-order valence-corrected chi connectivity index (χ4v) is 3.87. The van der Waals surface area contributed by atoms with Gasteiger partial charge in [0.05, 0.1) is 11.3 Å². The predicted molar refractivity (Wildman–Crippen MR) is 137 cm³/mol. The monoisotopic (exact) mass is 450 g/mol. The van der Waals surface area contributed by atoms with Crippen LogP contribution >= 0.6 is 0 Å². The average Bonchev–Trinajstić information content (AvgIpc) is 2.85. The van der Waals surface area contributed by atoms with Gasteiger partial charge in [0.2, 0.25) is 0 Å². The fourth-order valence-electron chi connectivity index (χ4n) is 3.87. The van der Waals surface area contributed by atoms with Gasteiger partial charge in [-0.2, -0.15) is 0 Å². The van der Waals surface area contributed by atoms with Crippen LogP contribution in [0.2, 0.25) is 0 Å². The number of carbonyl (C=O) groups is 2. The molecular formula is C29H26N2O3. The standard InChI is InChI=1S/C29H26N2O3/c1-19(2)24-10-3-4-11-25(24)20-14-16-22(17-15-20)31-28(32)21-8-7-9-23(18-21)30-27-13-6-5-12-26(27)29(33)34/h3-19,30H,1-2H3,(H,31,32)(H,33,34). The SMILES string of the molecule is CC(C)c1ccccc1-c1ccc(NC(=O)c2cccc(Nc3ccccc3C(=O)O)c2)cc1. The van der Waals surface area contributed by atoms with Crippen LogP contribution < -0.4 is 10.6 Å². The van der Waals surface area contributed by atoms with Crippen LogP contribution in [0.15, 0.2) is 97.1 Å². The highest BCUT2D eigenvalue weighted by molar-refractivity contribution is 6.05. The van der Waals surface area contributed by atoms with Crippen molar-refractivity contribution in [3.8, 4) is 11.1 Å². The Morgan fingerprint density at radius 2 is 1.47 bits per heavy atom. The van der Waals surface area contributed by atoms with Crippen LogP contribution in [-0.4, -0.2) is 17.0 Å². The third kappa shape index (κ3) is 5.15. The van der Waals surface area contributed by atoms with Crippen LogP contribution in [0, 0.1) is 0 Å². The van der Waals surface area contributed by atoms with E-state index in [2.05, 4.69) is 42.7 Å². The Labute approximate surface area is 199 Å². The Balaban J connectivity index is 1.49. The molecule has 0 aliphatic heterocycles. The molecule has 0 bridgehead atoms. The Hall–Kier alpha value is -4.38. The minimum absolute atomic E-state index is 0.163. The van der Waals surface area contributed by atoms with E-state index < -0.39 is 5.97 Å². The highest BCUT2D eigenvalue weighted by Crippen LogP contribution is 2.30. The number of carbonyl (C=O) groups excluding carboxylic acids is 1. The third-order valence-corrected chi connectivity index (χ3v) is 5.60. The zero-order valence-corrected chi connectivity index (χ0v) is 19.1. The molecule has 4 aromatic carbocycles. The van der Waals surface area contributed by atoms with Crippen molar-refractivity contribution < 1.29 is 14.7 Å². The van der Waals surface area contributed by atoms with Gasteiger partial charge >= 0.3 is 5.97 Å². The maximum atomic E-state index is 12.9. The van der Waals surface area contributed by atoms with Crippen molar-refractivity contribution >= 4 is 28.9 Å². The van der Waals surface area contributed by atoms with Gasteiger partial charge in [0.15, 0.2) is 0 Å². The minimum atomic E-state index is -1.02. The van der Waals surface area contributed by atoms with E-state index in [4.69, 9.17) is 0 Å². The van der Waals surface area contributed by atoms with Crippen LogP contribution in [-0.2, 0) is 0 Å². The maximum absolute atomic E-state index is 12.9. The second kappa shape index (κ2) is 10.0. The van der Waals surface area contributed by atoms with E-state index in [-0.39, 0.29) is 11.5 Å². The molecule has 5 nitrogen and oxygen atoms in total. The second-order valence-electron chi connectivity index (χ2n) is 8.33. The maximum Gasteiger partial charge on any atom is 0.337 e. The van der Waals surface area contributed by atoms with E-state index in [1.807, 2.05) is 30.3 Å². The Morgan fingerprint density at radius 3 is 2.21 bits per heavy atom. The van der Waals surface area contributed by atoms with E-state index in [1.165, 1.54) is 17.2 Å². The zero-order chi connectivity index (χ0) is 24.1. The first-order valence-electron chi connectivity index (χ1n) is 11.1. The van der Waals surface area contributed by atoms with Gasteiger partial charge in [-0.15, -0.1) is 0 Å². The molecule has 0 radical (unpaired) electrons. The summed E-state index contributed by atoms with van der Waals surface area (Å²) in [7, 11) is 0. The lowest BCUT2D eigenvalue weighted by molar-refractivity contribution is 0.0697. The van der Waals surface area contributed by atoms with Crippen molar-refractivity contribution in [2.75, 3.05) is 10.6 Å². The van der Waals surface area contributed by atoms with Gasteiger partial charge in [-0.05, 0) is 65.1 Å². The third-order valence-electron chi connectivity index (χ3n) is 5.60. The topological polar surface area (TPSA) is 78.4 Å². The predicted octanol–water partition coefficient (Wildman–Crippen LogP) is 7.17. The quantitative estimate of drug-likeness (QED) is 0.279. The molecule has 0 unspecified atom stereocenters. The summed E-state index contributed by atoms with van der Waals surface area (Å²) in [5, 5.41) is 15.4. The highest BCUT2D eigenvalue weighted by atomic mass is 16.4. The van der Waals surface area contributed by atoms with E-state index in [1.54, 1.807) is 42.5 Å². The summed E-state index contributed by atoms with van der Waals surface area (Å²) in [6.45, 7) is 4.35. The number of benzene rings is 4. The number of anilines is 3. The number of amides is 1. The van der Waals surface area contributed by atoms with E-state index in [0.717, 1.165) is 5.56 Å². The smallest absolute Gasteiger partial charge is 0.337 e. The summed E-state index contributed by atoms with van der Waals surface area (Å²) in [4.78, 5) is 24.3. The van der Waals surface area contributed by atoms with Crippen molar-refractivity contribution in [2.24, 2.45) is 0 Å². The first kappa shape index (κ1) is 22.8. The minimum Gasteiger partial charge on any atom is -0.478 e. The van der Waals surface area contributed by atoms with Crippen LogP contribution in [0.5, 0.6) is 0 Å². The van der Waals surface area contributed by atoms with Gasteiger partial charge in [0.1, 0.15) is 0 Å². The van der Waals surface area contributed by atoms with E-state index >= 15 is 0 Å². The summed E-state index contributed by atoms with van der Waals surface area (Å²) < 4.78 is 0. The normalized spacial score (nSPS) is 10.7. The molecule has 0 saturated carbocycles. The Bertz CT molecular complexity index is 1330. The zero-order valence-electron chi connectivity index (χ0n) is 19.1. The molecule has 0 spiro atoms. The molecule has 1 amide bonds.